The molecule has 0 aliphatic rings. The molecule has 2 heterocycles. The van der Waals surface area contributed by atoms with Crippen molar-refractivity contribution < 1.29 is 18.3 Å². The molecule has 0 saturated heterocycles. The third-order valence-corrected chi connectivity index (χ3v) is 3.93. The van der Waals surface area contributed by atoms with E-state index in [4.69, 9.17) is 0 Å². The first-order valence-corrected chi connectivity index (χ1v) is 7.82. The molecule has 0 bridgehead atoms. The number of pyridine rings is 1. The topological polar surface area (TPSA) is 50.9 Å². The lowest BCUT2D eigenvalue weighted by Gasteiger charge is -2.25. The number of aromatic nitrogens is 3. The van der Waals surface area contributed by atoms with Crippen LogP contribution in [-0.4, -0.2) is 19.6 Å². The molecule has 3 aromatic rings. The van der Waals surface area contributed by atoms with Crippen molar-refractivity contribution >= 4 is 6.08 Å². The van der Waals surface area contributed by atoms with Crippen molar-refractivity contribution in [3.05, 3.63) is 90.3 Å². The number of aliphatic hydroxyl groups is 1. The van der Waals surface area contributed by atoms with Gasteiger partial charge in [-0.25, -0.2) is 4.98 Å². The standard InChI is InChI=1S/C19H16F3N3O/c20-19(21,22)16-5-3-15(4-6-16)7-8-18(26,13-25-11-10-24-14-25)17-2-1-9-23-12-17/h1-12,14,26H,13H2/b8-7+. The molecule has 3 rings (SSSR count). The minimum Gasteiger partial charge on any atom is -0.379 e. The fourth-order valence-corrected chi connectivity index (χ4v) is 2.53. The number of hydrogen-bond acceptors (Lipinski definition) is 3. The van der Waals surface area contributed by atoms with Crippen LogP contribution < -0.4 is 0 Å². The Labute approximate surface area is 148 Å². The second-order valence-electron chi connectivity index (χ2n) is 5.85. The third kappa shape index (κ3) is 4.18. The highest BCUT2D eigenvalue weighted by molar-refractivity contribution is 5.52. The van der Waals surface area contributed by atoms with Gasteiger partial charge in [0.1, 0.15) is 5.60 Å². The summed E-state index contributed by atoms with van der Waals surface area (Å²) < 4.78 is 39.7. The molecule has 0 saturated carbocycles. The number of alkyl halides is 3. The van der Waals surface area contributed by atoms with Crippen LogP contribution in [0, 0.1) is 0 Å². The second-order valence-corrected chi connectivity index (χ2v) is 5.85. The monoisotopic (exact) mass is 359 g/mol. The Hall–Kier alpha value is -2.93. The summed E-state index contributed by atoms with van der Waals surface area (Å²) in [5.41, 5.74) is -0.990. The quantitative estimate of drug-likeness (QED) is 0.752. The first-order chi connectivity index (χ1) is 12.4. The largest absolute Gasteiger partial charge is 0.416 e. The molecule has 2 aromatic heterocycles. The Morgan fingerprint density at radius 3 is 2.35 bits per heavy atom. The van der Waals surface area contributed by atoms with Crippen molar-refractivity contribution in [2.24, 2.45) is 0 Å². The molecule has 1 atom stereocenters. The Morgan fingerprint density at radius 2 is 1.77 bits per heavy atom. The Bertz CT molecular complexity index is 859. The molecular weight excluding hydrogens is 343 g/mol. The van der Waals surface area contributed by atoms with Crippen molar-refractivity contribution in [2.45, 2.75) is 18.3 Å². The summed E-state index contributed by atoms with van der Waals surface area (Å²) in [6.45, 7) is 0.190. The molecule has 134 valence electrons. The van der Waals surface area contributed by atoms with E-state index < -0.39 is 17.3 Å². The number of halogens is 3. The molecular formula is C19H16F3N3O. The number of nitrogens with zero attached hydrogens (tertiary/aromatic N) is 3. The molecule has 0 aliphatic heterocycles. The van der Waals surface area contributed by atoms with Crippen LogP contribution in [-0.2, 0) is 18.3 Å². The number of hydrogen-bond donors (Lipinski definition) is 1. The van der Waals surface area contributed by atoms with Crippen molar-refractivity contribution in [3.8, 4) is 0 Å². The Kier molecular flexibility index (Phi) is 4.90. The molecule has 26 heavy (non-hydrogen) atoms. The molecule has 1 unspecified atom stereocenters. The zero-order chi connectivity index (χ0) is 18.6. The summed E-state index contributed by atoms with van der Waals surface area (Å²) in [5, 5.41) is 11.1. The van der Waals surface area contributed by atoms with E-state index in [1.54, 1.807) is 60.0 Å². The smallest absolute Gasteiger partial charge is 0.379 e. The van der Waals surface area contributed by atoms with E-state index in [2.05, 4.69) is 9.97 Å². The summed E-state index contributed by atoms with van der Waals surface area (Å²) in [5.74, 6) is 0. The van der Waals surface area contributed by atoms with Crippen LogP contribution in [0.15, 0.2) is 73.6 Å². The van der Waals surface area contributed by atoms with Crippen molar-refractivity contribution in [1.29, 1.82) is 0 Å². The maximum Gasteiger partial charge on any atom is 0.416 e. The molecule has 7 heteroatoms. The minimum atomic E-state index is -4.37. The number of imidazole rings is 1. The van der Waals surface area contributed by atoms with Crippen LogP contribution in [0.1, 0.15) is 16.7 Å². The normalized spacial score (nSPS) is 14.5. The Balaban J connectivity index is 1.89. The van der Waals surface area contributed by atoms with Crippen LogP contribution >= 0.6 is 0 Å². The van der Waals surface area contributed by atoms with E-state index in [0.717, 1.165) is 12.1 Å². The maximum absolute atomic E-state index is 12.7. The molecule has 0 aliphatic carbocycles. The molecule has 0 spiro atoms. The van der Waals surface area contributed by atoms with Gasteiger partial charge in [0, 0.05) is 30.4 Å². The second kappa shape index (κ2) is 7.13. The van der Waals surface area contributed by atoms with E-state index in [1.165, 1.54) is 12.1 Å². The van der Waals surface area contributed by atoms with Crippen LogP contribution in [0.4, 0.5) is 13.2 Å². The highest BCUT2D eigenvalue weighted by Crippen LogP contribution is 2.30. The molecule has 4 nitrogen and oxygen atoms in total. The van der Waals surface area contributed by atoms with Crippen molar-refractivity contribution in [1.82, 2.24) is 14.5 Å². The molecule has 1 aromatic carbocycles. The van der Waals surface area contributed by atoms with Crippen molar-refractivity contribution in [2.75, 3.05) is 0 Å². The minimum absolute atomic E-state index is 0.190. The first-order valence-electron chi connectivity index (χ1n) is 7.82. The van der Waals surface area contributed by atoms with Gasteiger partial charge in [0.05, 0.1) is 18.4 Å². The SMILES string of the molecule is OC(/C=C/c1ccc(C(F)(F)F)cc1)(Cn1ccnc1)c1cccnc1. The molecule has 0 amide bonds. The first kappa shape index (κ1) is 17.9. The maximum atomic E-state index is 12.7. The third-order valence-electron chi connectivity index (χ3n) is 3.93. The average molecular weight is 359 g/mol. The lowest BCUT2D eigenvalue weighted by molar-refractivity contribution is -0.137. The van der Waals surface area contributed by atoms with E-state index in [9.17, 15) is 18.3 Å². The predicted octanol–water partition coefficient (Wildman–Crippen LogP) is 3.90. The van der Waals surface area contributed by atoms with Gasteiger partial charge in [0.25, 0.3) is 0 Å². The van der Waals surface area contributed by atoms with E-state index in [-0.39, 0.29) is 6.54 Å². The van der Waals surface area contributed by atoms with Crippen LogP contribution in [0.2, 0.25) is 0 Å². The number of benzene rings is 1. The lowest BCUT2D eigenvalue weighted by Crippen LogP contribution is -2.29. The van der Waals surface area contributed by atoms with Crippen LogP contribution in [0.25, 0.3) is 6.08 Å². The van der Waals surface area contributed by atoms with E-state index in [1.807, 2.05) is 0 Å². The molecule has 0 radical (unpaired) electrons. The fraction of sp³-hybridized carbons (Fsp3) is 0.158. The zero-order valence-electron chi connectivity index (χ0n) is 13.6. The average Bonchev–Trinajstić information content (AvgIpc) is 3.13. The fourth-order valence-electron chi connectivity index (χ4n) is 2.53. The van der Waals surface area contributed by atoms with Crippen LogP contribution in [0.3, 0.4) is 0 Å². The van der Waals surface area contributed by atoms with Gasteiger partial charge in [0.15, 0.2) is 0 Å². The summed E-state index contributed by atoms with van der Waals surface area (Å²) in [6, 6.07) is 8.19. The van der Waals surface area contributed by atoms with Gasteiger partial charge in [-0.05, 0) is 29.8 Å². The van der Waals surface area contributed by atoms with Gasteiger partial charge < -0.3 is 9.67 Å². The van der Waals surface area contributed by atoms with E-state index in [0.29, 0.717) is 11.1 Å². The molecule has 0 fully saturated rings. The summed E-state index contributed by atoms with van der Waals surface area (Å²) in [4.78, 5) is 7.99. The van der Waals surface area contributed by atoms with Gasteiger partial charge >= 0.3 is 6.18 Å². The van der Waals surface area contributed by atoms with E-state index >= 15 is 0 Å². The van der Waals surface area contributed by atoms with Gasteiger partial charge in [-0.1, -0.05) is 24.3 Å². The number of rotatable bonds is 5. The Morgan fingerprint density at radius 1 is 1.00 bits per heavy atom. The predicted molar refractivity (Wildman–Crippen MR) is 90.8 cm³/mol. The molecule has 1 N–H and O–H groups in total. The zero-order valence-corrected chi connectivity index (χ0v) is 13.6. The highest BCUT2D eigenvalue weighted by atomic mass is 19.4. The van der Waals surface area contributed by atoms with Crippen molar-refractivity contribution in [3.63, 3.8) is 0 Å². The van der Waals surface area contributed by atoms with Gasteiger partial charge in [0.2, 0.25) is 0 Å². The van der Waals surface area contributed by atoms with Gasteiger partial charge in [-0.2, -0.15) is 13.2 Å². The lowest BCUT2D eigenvalue weighted by atomic mass is 9.93. The van der Waals surface area contributed by atoms with Gasteiger partial charge in [-0.15, -0.1) is 0 Å². The summed E-state index contributed by atoms with van der Waals surface area (Å²) >= 11 is 0. The summed E-state index contributed by atoms with van der Waals surface area (Å²) in [6.07, 6.45) is 6.80. The van der Waals surface area contributed by atoms with Gasteiger partial charge in [-0.3, -0.25) is 4.98 Å². The van der Waals surface area contributed by atoms with Crippen LogP contribution in [0.5, 0.6) is 0 Å². The summed E-state index contributed by atoms with van der Waals surface area (Å²) in [7, 11) is 0. The highest BCUT2D eigenvalue weighted by Gasteiger charge is 2.30.